The van der Waals surface area contributed by atoms with Gasteiger partial charge in [-0.05, 0) is 42.3 Å². The molecule has 0 aliphatic rings. The monoisotopic (exact) mass is 361 g/mol. The van der Waals surface area contributed by atoms with Crippen molar-refractivity contribution in [1.82, 2.24) is 15.3 Å². The maximum absolute atomic E-state index is 13.6. The number of nitrogens with one attached hydrogen (secondary N) is 2. The third-order valence-electron chi connectivity index (χ3n) is 3.77. The van der Waals surface area contributed by atoms with Crippen molar-refractivity contribution in [3.05, 3.63) is 83.4 Å². The lowest BCUT2D eigenvalue weighted by Crippen LogP contribution is -2.27. The molecule has 0 aliphatic heterocycles. The van der Waals surface area contributed by atoms with Crippen molar-refractivity contribution in [2.45, 2.75) is 6.42 Å². The first kappa shape index (κ1) is 18.0. The summed E-state index contributed by atoms with van der Waals surface area (Å²) in [5.74, 6) is -0.422. The number of anilines is 2. The van der Waals surface area contributed by atoms with Crippen LogP contribution in [0.4, 0.5) is 16.0 Å². The number of nitrogens with zero attached hydrogens (tertiary/aromatic N) is 3. The van der Waals surface area contributed by atoms with E-state index < -0.39 is 0 Å². The summed E-state index contributed by atoms with van der Waals surface area (Å²) in [6.45, 7) is 0.288. The first-order chi connectivity index (χ1) is 13.2. The second kappa shape index (κ2) is 8.54. The molecule has 134 valence electrons. The molecule has 0 bridgehead atoms. The Kier molecular flexibility index (Phi) is 5.70. The highest BCUT2D eigenvalue weighted by molar-refractivity contribution is 5.92. The third kappa shape index (κ3) is 4.86. The van der Waals surface area contributed by atoms with Crippen molar-refractivity contribution in [3.8, 4) is 6.07 Å². The molecule has 1 heterocycles. The minimum atomic E-state index is -0.373. The molecule has 1 aromatic heterocycles. The van der Waals surface area contributed by atoms with Crippen LogP contribution in [0, 0.1) is 17.1 Å². The largest absolute Gasteiger partial charge is 0.350 e. The molecule has 6 nitrogen and oxygen atoms in total. The summed E-state index contributed by atoms with van der Waals surface area (Å²) in [5, 5.41) is 14.6. The molecule has 2 aromatic carbocycles. The zero-order valence-electron chi connectivity index (χ0n) is 14.3. The van der Waals surface area contributed by atoms with Crippen LogP contribution >= 0.6 is 0 Å². The normalized spacial score (nSPS) is 10.1. The second-order valence-electron chi connectivity index (χ2n) is 5.68. The van der Waals surface area contributed by atoms with Crippen LogP contribution < -0.4 is 10.6 Å². The van der Waals surface area contributed by atoms with Gasteiger partial charge in [-0.15, -0.1) is 0 Å². The lowest BCUT2D eigenvalue weighted by Gasteiger charge is -2.08. The van der Waals surface area contributed by atoms with Gasteiger partial charge in [0.25, 0.3) is 5.91 Å². The number of carbonyl (C=O) groups is 1. The lowest BCUT2D eigenvalue weighted by atomic mass is 10.1. The van der Waals surface area contributed by atoms with Crippen molar-refractivity contribution in [2.24, 2.45) is 0 Å². The molecular formula is C20H16FN5O. The summed E-state index contributed by atoms with van der Waals surface area (Å²) in [6, 6.07) is 16.8. The molecule has 0 saturated heterocycles. The minimum Gasteiger partial charge on any atom is -0.350 e. The summed E-state index contributed by atoms with van der Waals surface area (Å²) in [4.78, 5) is 20.5. The van der Waals surface area contributed by atoms with Crippen LogP contribution in [-0.4, -0.2) is 22.4 Å². The Morgan fingerprint density at radius 2 is 2.00 bits per heavy atom. The molecule has 3 rings (SSSR count). The molecule has 0 radical (unpaired) electrons. The summed E-state index contributed by atoms with van der Waals surface area (Å²) in [6.07, 6.45) is 1.85. The van der Waals surface area contributed by atoms with Gasteiger partial charge in [-0.3, -0.25) is 4.79 Å². The molecule has 27 heavy (non-hydrogen) atoms. The van der Waals surface area contributed by atoms with Crippen LogP contribution in [0.15, 0.2) is 60.8 Å². The van der Waals surface area contributed by atoms with E-state index in [1.165, 1.54) is 18.3 Å². The van der Waals surface area contributed by atoms with E-state index in [-0.39, 0.29) is 29.9 Å². The van der Waals surface area contributed by atoms with Gasteiger partial charge in [0, 0.05) is 18.4 Å². The van der Waals surface area contributed by atoms with Gasteiger partial charge in [-0.2, -0.15) is 5.26 Å². The van der Waals surface area contributed by atoms with E-state index in [0.29, 0.717) is 23.2 Å². The van der Waals surface area contributed by atoms with Gasteiger partial charge in [0.05, 0.1) is 11.6 Å². The van der Waals surface area contributed by atoms with Gasteiger partial charge >= 0.3 is 0 Å². The van der Waals surface area contributed by atoms with Crippen molar-refractivity contribution in [1.29, 1.82) is 5.26 Å². The Bertz CT molecular complexity index is 999. The van der Waals surface area contributed by atoms with Gasteiger partial charge in [-0.25, -0.2) is 14.4 Å². The number of aromatic nitrogens is 2. The summed E-state index contributed by atoms with van der Waals surface area (Å²) in [7, 11) is 0. The number of nitriles is 1. The fourth-order valence-electron chi connectivity index (χ4n) is 2.44. The van der Waals surface area contributed by atoms with E-state index in [1.807, 2.05) is 0 Å². The Labute approximate surface area is 155 Å². The maximum Gasteiger partial charge on any atom is 0.270 e. The smallest absolute Gasteiger partial charge is 0.270 e. The molecule has 0 fully saturated rings. The van der Waals surface area contributed by atoms with Crippen LogP contribution in [-0.2, 0) is 6.42 Å². The van der Waals surface area contributed by atoms with Crippen LogP contribution in [0.25, 0.3) is 0 Å². The fraction of sp³-hybridized carbons (Fsp3) is 0.100. The third-order valence-corrected chi connectivity index (χ3v) is 3.77. The van der Waals surface area contributed by atoms with Crippen molar-refractivity contribution >= 4 is 17.5 Å². The van der Waals surface area contributed by atoms with E-state index in [2.05, 4.69) is 26.7 Å². The van der Waals surface area contributed by atoms with Crippen LogP contribution in [0.5, 0.6) is 0 Å². The first-order valence-corrected chi connectivity index (χ1v) is 8.27. The van der Waals surface area contributed by atoms with Crippen molar-refractivity contribution in [3.63, 3.8) is 0 Å². The van der Waals surface area contributed by atoms with E-state index in [0.717, 1.165) is 0 Å². The summed E-state index contributed by atoms with van der Waals surface area (Å²) in [5.41, 5.74) is 1.88. The zero-order chi connectivity index (χ0) is 19.1. The Balaban J connectivity index is 1.61. The number of hydrogen-bond donors (Lipinski definition) is 2. The zero-order valence-corrected chi connectivity index (χ0v) is 14.3. The van der Waals surface area contributed by atoms with E-state index in [4.69, 9.17) is 5.26 Å². The molecule has 0 aliphatic carbocycles. The summed E-state index contributed by atoms with van der Waals surface area (Å²) < 4.78 is 13.6. The van der Waals surface area contributed by atoms with Gasteiger partial charge in [0.15, 0.2) is 0 Å². The fourth-order valence-corrected chi connectivity index (χ4v) is 2.44. The Morgan fingerprint density at radius 3 is 2.81 bits per heavy atom. The number of carbonyl (C=O) groups excluding carboxylic acids is 1. The highest BCUT2D eigenvalue weighted by Gasteiger charge is 2.09. The molecule has 3 aromatic rings. The highest BCUT2D eigenvalue weighted by Crippen LogP contribution is 2.14. The number of benzene rings is 2. The first-order valence-electron chi connectivity index (χ1n) is 8.27. The quantitative estimate of drug-likeness (QED) is 0.704. The standard InChI is InChI=1S/C20H16FN5O/c21-17-7-2-1-5-15(17)8-10-23-19(27)18-9-11-24-20(26-18)25-16-6-3-4-14(12-16)13-22/h1-7,9,11-12H,8,10H2,(H,23,27)(H,24,25,26). The van der Waals surface area contributed by atoms with E-state index in [9.17, 15) is 9.18 Å². The number of amides is 1. The minimum absolute atomic E-state index is 0.192. The summed E-state index contributed by atoms with van der Waals surface area (Å²) >= 11 is 0. The average Bonchev–Trinajstić information content (AvgIpc) is 2.69. The molecular weight excluding hydrogens is 345 g/mol. The molecule has 0 unspecified atom stereocenters. The maximum atomic E-state index is 13.6. The van der Waals surface area contributed by atoms with Crippen LogP contribution in [0.2, 0.25) is 0 Å². The number of rotatable bonds is 6. The molecule has 0 spiro atoms. The van der Waals surface area contributed by atoms with E-state index >= 15 is 0 Å². The van der Waals surface area contributed by atoms with Gasteiger partial charge in [-0.1, -0.05) is 24.3 Å². The highest BCUT2D eigenvalue weighted by atomic mass is 19.1. The van der Waals surface area contributed by atoms with Gasteiger partial charge < -0.3 is 10.6 Å². The predicted octanol–water partition coefficient (Wildman–Crippen LogP) is 3.20. The molecule has 2 N–H and O–H groups in total. The van der Waals surface area contributed by atoms with Crippen molar-refractivity contribution in [2.75, 3.05) is 11.9 Å². The Hall–Kier alpha value is -3.79. The number of halogens is 1. The van der Waals surface area contributed by atoms with E-state index in [1.54, 1.807) is 42.5 Å². The average molecular weight is 361 g/mol. The lowest BCUT2D eigenvalue weighted by molar-refractivity contribution is 0.0949. The van der Waals surface area contributed by atoms with Crippen LogP contribution in [0.1, 0.15) is 21.6 Å². The second-order valence-corrected chi connectivity index (χ2v) is 5.68. The number of hydrogen-bond acceptors (Lipinski definition) is 5. The van der Waals surface area contributed by atoms with Crippen LogP contribution in [0.3, 0.4) is 0 Å². The molecule has 0 atom stereocenters. The molecule has 7 heteroatoms. The Morgan fingerprint density at radius 1 is 1.15 bits per heavy atom. The predicted molar refractivity (Wildman–Crippen MR) is 98.9 cm³/mol. The van der Waals surface area contributed by atoms with Crippen molar-refractivity contribution < 1.29 is 9.18 Å². The topological polar surface area (TPSA) is 90.7 Å². The molecule has 1 amide bonds. The molecule has 0 saturated carbocycles. The van der Waals surface area contributed by atoms with Gasteiger partial charge in [0.1, 0.15) is 11.5 Å². The van der Waals surface area contributed by atoms with Gasteiger partial charge in [0.2, 0.25) is 5.95 Å². The SMILES string of the molecule is N#Cc1cccc(Nc2nccc(C(=O)NCCc3ccccc3F)n2)c1.